The van der Waals surface area contributed by atoms with E-state index in [0.29, 0.717) is 23.6 Å². The highest BCUT2D eigenvalue weighted by molar-refractivity contribution is 7.98. The Labute approximate surface area is 192 Å². The fourth-order valence-corrected chi connectivity index (χ4v) is 5.27. The van der Waals surface area contributed by atoms with Gasteiger partial charge in [0, 0.05) is 23.4 Å². The van der Waals surface area contributed by atoms with Gasteiger partial charge in [0.1, 0.15) is 17.0 Å². The molecule has 2 amide bonds. The highest BCUT2D eigenvalue weighted by Gasteiger charge is 2.60. The van der Waals surface area contributed by atoms with Crippen molar-refractivity contribution in [2.75, 3.05) is 36.9 Å². The van der Waals surface area contributed by atoms with E-state index < -0.39 is 11.5 Å². The number of anilines is 2. The lowest BCUT2D eigenvalue weighted by molar-refractivity contribution is -0.130. The molecular formula is C24H29N3O4S. The van der Waals surface area contributed by atoms with Gasteiger partial charge in [0.05, 0.1) is 25.8 Å². The Morgan fingerprint density at radius 1 is 1.22 bits per heavy atom. The zero-order valence-corrected chi connectivity index (χ0v) is 19.6. The van der Waals surface area contributed by atoms with E-state index in [-0.39, 0.29) is 17.9 Å². The average molecular weight is 456 g/mol. The van der Waals surface area contributed by atoms with Crippen molar-refractivity contribution in [2.24, 2.45) is 5.92 Å². The summed E-state index contributed by atoms with van der Waals surface area (Å²) in [6, 6.07) is 11.2. The zero-order chi connectivity index (χ0) is 22.9. The van der Waals surface area contributed by atoms with Crippen LogP contribution in [0.15, 0.2) is 36.4 Å². The van der Waals surface area contributed by atoms with Crippen molar-refractivity contribution in [1.29, 1.82) is 0 Å². The van der Waals surface area contributed by atoms with Gasteiger partial charge in [-0.2, -0.15) is 11.8 Å². The molecule has 7 nitrogen and oxygen atoms in total. The van der Waals surface area contributed by atoms with Gasteiger partial charge in [0.2, 0.25) is 11.8 Å². The first-order valence-corrected chi connectivity index (χ1v) is 12.0. The number of nitrogens with one attached hydrogen (secondary N) is 3. The van der Waals surface area contributed by atoms with E-state index >= 15 is 0 Å². The number of aryl methyl sites for hydroxylation is 1. The standard InChI is InChI=1S/C24H29N3O4S/c1-14-5-7-19-17(11-14)24(23(29)26-19)18(12-15(27-24)9-10-32-4)22(28)25-20-13-16(30-2)6-8-21(20)31-3/h5-8,11,13,15,18,27H,9-10,12H2,1-4H3,(H,25,28)(H,26,29)/t15-,18+,24+/m0/s1. The maximum absolute atomic E-state index is 13.7. The topological polar surface area (TPSA) is 88.7 Å². The Morgan fingerprint density at radius 3 is 2.75 bits per heavy atom. The Bertz CT molecular complexity index is 1040. The monoisotopic (exact) mass is 455 g/mol. The van der Waals surface area contributed by atoms with Gasteiger partial charge in [-0.15, -0.1) is 0 Å². The van der Waals surface area contributed by atoms with Crippen LogP contribution in [-0.2, 0) is 15.1 Å². The minimum Gasteiger partial charge on any atom is -0.497 e. The maximum atomic E-state index is 13.7. The van der Waals surface area contributed by atoms with Crippen LogP contribution in [0.2, 0.25) is 0 Å². The summed E-state index contributed by atoms with van der Waals surface area (Å²) < 4.78 is 10.7. The second kappa shape index (κ2) is 9.03. The zero-order valence-electron chi connectivity index (χ0n) is 18.8. The number of ether oxygens (including phenoxy) is 2. The second-order valence-electron chi connectivity index (χ2n) is 8.28. The van der Waals surface area contributed by atoms with Crippen molar-refractivity contribution in [3.8, 4) is 11.5 Å². The van der Waals surface area contributed by atoms with E-state index in [9.17, 15) is 9.59 Å². The third-order valence-electron chi connectivity index (χ3n) is 6.33. The van der Waals surface area contributed by atoms with Gasteiger partial charge in [0.15, 0.2) is 0 Å². The minimum absolute atomic E-state index is 0.0580. The quantitative estimate of drug-likeness (QED) is 0.592. The lowest BCUT2D eigenvalue weighted by atomic mass is 9.79. The van der Waals surface area contributed by atoms with Gasteiger partial charge >= 0.3 is 0 Å². The number of methoxy groups -OCH3 is 2. The van der Waals surface area contributed by atoms with Gasteiger partial charge in [-0.3, -0.25) is 14.9 Å². The lowest BCUT2D eigenvalue weighted by Gasteiger charge is -2.29. The average Bonchev–Trinajstić information content (AvgIpc) is 3.31. The molecule has 2 aromatic carbocycles. The van der Waals surface area contributed by atoms with Crippen molar-refractivity contribution in [3.05, 3.63) is 47.5 Å². The number of thioether (sulfide) groups is 1. The molecule has 4 rings (SSSR count). The molecule has 0 bridgehead atoms. The van der Waals surface area contributed by atoms with Crippen LogP contribution in [0.4, 0.5) is 11.4 Å². The number of hydrogen-bond acceptors (Lipinski definition) is 6. The third-order valence-corrected chi connectivity index (χ3v) is 6.98. The molecule has 0 aromatic heterocycles. The molecular weight excluding hydrogens is 426 g/mol. The predicted molar refractivity (Wildman–Crippen MR) is 128 cm³/mol. The molecule has 2 aromatic rings. The highest BCUT2D eigenvalue weighted by atomic mass is 32.2. The first-order chi connectivity index (χ1) is 15.4. The van der Waals surface area contributed by atoms with Crippen molar-refractivity contribution >= 4 is 35.0 Å². The molecule has 1 spiro atoms. The predicted octanol–water partition coefficient (Wildman–Crippen LogP) is 3.53. The molecule has 32 heavy (non-hydrogen) atoms. The second-order valence-corrected chi connectivity index (χ2v) is 9.26. The summed E-state index contributed by atoms with van der Waals surface area (Å²) >= 11 is 1.76. The van der Waals surface area contributed by atoms with E-state index in [1.54, 1.807) is 44.2 Å². The summed E-state index contributed by atoms with van der Waals surface area (Å²) in [6.07, 6.45) is 3.51. The van der Waals surface area contributed by atoms with Crippen molar-refractivity contribution in [3.63, 3.8) is 0 Å². The lowest BCUT2D eigenvalue weighted by Crippen LogP contribution is -2.52. The van der Waals surface area contributed by atoms with E-state index in [1.165, 1.54) is 0 Å². The van der Waals surface area contributed by atoms with Gasteiger partial charge in [0.25, 0.3) is 0 Å². The molecule has 0 aliphatic carbocycles. The first-order valence-electron chi connectivity index (χ1n) is 10.6. The van der Waals surface area contributed by atoms with Crippen LogP contribution in [0.25, 0.3) is 0 Å². The normalized spacial score (nSPS) is 23.7. The molecule has 170 valence electrons. The van der Waals surface area contributed by atoms with E-state index in [2.05, 4.69) is 22.2 Å². The van der Waals surface area contributed by atoms with E-state index in [0.717, 1.165) is 29.0 Å². The molecule has 3 N–H and O–H groups in total. The summed E-state index contributed by atoms with van der Waals surface area (Å²) in [4.78, 5) is 27.0. The molecule has 2 aliphatic rings. The Balaban J connectivity index is 1.72. The largest absolute Gasteiger partial charge is 0.497 e. The molecule has 0 saturated carbocycles. The highest BCUT2D eigenvalue weighted by Crippen LogP contribution is 2.48. The van der Waals surface area contributed by atoms with Crippen LogP contribution in [0, 0.1) is 12.8 Å². The number of hydrogen-bond donors (Lipinski definition) is 3. The molecule has 2 aliphatic heterocycles. The summed E-state index contributed by atoms with van der Waals surface area (Å²) in [6.45, 7) is 1.99. The molecule has 1 saturated heterocycles. The number of benzene rings is 2. The van der Waals surface area contributed by atoms with Gasteiger partial charge in [-0.25, -0.2) is 0 Å². The van der Waals surface area contributed by atoms with E-state index in [1.807, 2.05) is 25.1 Å². The first kappa shape index (κ1) is 22.5. The Kier molecular flexibility index (Phi) is 6.35. The molecule has 2 heterocycles. The Hall–Kier alpha value is -2.71. The molecule has 8 heteroatoms. The van der Waals surface area contributed by atoms with Crippen LogP contribution in [0.5, 0.6) is 11.5 Å². The number of carbonyl (C=O) groups is 2. The van der Waals surface area contributed by atoms with Crippen LogP contribution >= 0.6 is 11.8 Å². The van der Waals surface area contributed by atoms with E-state index in [4.69, 9.17) is 9.47 Å². The molecule has 0 unspecified atom stereocenters. The van der Waals surface area contributed by atoms with Crippen LogP contribution in [0.1, 0.15) is 24.0 Å². The van der Waals surface area contributed by atoms with Crippen LogP contribution in [0.3, 0.4) is 0 Å². The van der Waals surface area contributed by atoms with Crippen LogP contribution < -0.4 is 25.4 Å². The Morgan fingerprint density at radius 2 is 2.03 bits per heavy atom. The van der Waals surface area contributed by atoms with Crippen molar-refractivity contribution < 1.29 is 19.1 Å². The summed E-state index contributed by atoms with van der Waals surface area (Å²) in [7, 11) is 3.12. The molecule has 0 radical (unpaired) electrons. The van der Waals surface area contributed by atoms with Gasteiger partial charge in [-0.1, -0.05) is 17.7 Å². The van der Waals surface area contributed by atoms with Gasteiger partial charge in [-0.05, 0) is 50.0 Å². The van der Waals surface area contributed by atoms with Crippen molar-refractivity contribution in [2.45, 2.75) is 31.3 Å². The summed E-state index contributed by atoms with van der Waals surface area (Å²) in [5, 5.41) is 9.56. The minimum atomic E-state index is -1.10. The number of rotatable bonds is 7. The van der Waals surface area contributed by atoms with Crippen LogP contribution in [-0.4, -0.2) is 44.1 Å². The maximum Gasteiger partial charge on any atom is 0.250 e. The third kappa shape index (κ3) is 3.82. The molecule has 1 fully saturated rings. The SMILES string of the molecule is COc1ccc(OC)c(NC(=O)[C@H]2C[C@H](CCSC)N[C@@]23C(=O)Nc2ccc(C)cc23)c1. The number of carbonyl (C=O) groups excluding carboxylic acids is 2. The van der Waals surface area contributed by atoms with Gasteiger partial charge < -0.3 is 20.1 Å². The number of amides is 2. The molecule has 3 atom stereocenters. The number of fused-ring (bicyclic) bond motifs is 2. The summed E-state index contributed by atoms with van der Waals surface area (Å²) in [5.74, 6) is 1.12. The fraction of sp³-hybridized carbons (Fsp3) is 0.417. The van der Waals surface area contributed by atoms with Crippen molar-refractivity contribution in [1.82, 2.24) is 5.32 Å². The summed E-state index contributed by atoms with van der Waals surface area (Å²) in [5.41, 5.74) is 2.06. The fourth-order valence-electron chi connectivity index (χ4n) is 4.75. The smallest absolute Gasteiger partial charge is 0.250 e.